The Kier molecular flexibility index (Phi) is 2.59. The second-order valence-corrected chi connectivity index (χ2v) is 5.15. The van der Waals surface area contributed by atoms with Crippen LogP contribution < -0.4 is 5.73 Å². The highest BCUT2D eigenvalue weighted by atomic mass is 16.4. The van der Waals surface area contributed by atoms with Gasteiger partial charge in [0.15, 0.2) is 5.58 Å². The Morgan fingerprint density at radius 2 is 1.71 bits per heavy atom. The molecular formula is C17H14N2O2. The van der Waals surface area contributed by atoms with E-state index >= 15 is 0 Å². The highest BCUT2D eigenvalue weighted by Gasteiger charge is 2.18. The van der Waals surface area contributed by atoms with Gasteiger partial charge in [-0.15, -0.1) is 0 Å². The molecule has 2 N–H and O–H groups in total. The smallest absolute Gasteiger partial charge is 0.152 e. The topological polar surface area (TPSA) is 65.2 Å². The highest BCUT2D eigenvalue weighted by molar-refractivity contribution is 5.78. The molecule has 4 aromatic rings. The average molecular weight is 278 g/mol. The fourth-order valence-corrected chi connectivity index (χ4v) is 2.49. The summed E-state index contributed by atoms with van der Waals surface area (Å²) in [6.07, 6.45) is 0. The van der Waals surface area contributed by atoms with E-state index in [2.05, 4.69) is 4.98 Å². The lowest BCUT2D eigenvalue weighted by Crippen LogP contribution is -2.09. The van der Waals surface area contributed by atoms with Crippen LogP contribution >= 0.6 is 0 Å². The molecule has 0 radical (unpaired) electrons. The summed E-state index contributed by atoms with van der Waals surface area (Å²) < 4.78 is 11.6. The molecule has 4 rings (SSSR count). The van der Waals surface area contributed by atoms with Crippen LogP contribution in [0.15, 0.2) is 57.4 Å². The van der Waals surface area contributed by atoms with Crippen LogP contribution in [0.4, 0.5) is 0 Å². The minimum Gasteiger partial charge on any atom is -0.459 e. The van der Waals surface area contributed by atoms with Gasteiger partial charge in [0, 0.05) is 17.1 Å². The Morgan fingerprint density at radius 3 is 2.57 bits per heavy atom. The first-order valence-electron chi connectivity index (χ1n) is 6.82. The Balaban J connectivity index is 1.79. The van der Waals surface area contributed by atoms with Crippen LogP contribution in [-0.2, 0) is 0 Å². The van der Waals surface area contributed by atoms with Crippen LogP contribution in [0.2, 0.25) is 0 Å². The van der Waals surface area contributed by atoms with Crippen molar-refractivity contribution in [2.24, 2.45) is 5.73 Å². The van der Waals surface area contributed by atoms with Crippen LogP contribution in [0.25, 0.3) is 22.1 Å². The number of furan rings is 2. The summed E-state index contributed by atoms with van der Waals surface area (Å²) in [5.41, 5.74) is 9.60. The number of hydrogen-bond acceptors (Lipinski definition) is 4. The molecule has 21 heavy (non-hydrogen) atoms. The second kappa shape index (κ2) is 4.46. The Bertz CT molecular complexity index is 903. The number of pyridine rings is 1. The molecular weight excluding hydrogens is 264 g/mol. The van der Waals surface area contributed by atoms with E-state index < -0.39 is 6.04 Å². The molecule has 1 unspecified atom stereocenters. The molecule has 0 spiro atoms. The van der Waals surface area contributed by atoms with Gasteiger partial charge < -0.3 is 14.6 Å². The normalized spacial score (nSPS) is 13.0. The van der Waals surface area contributed by atoms with E-state index in [1.807, 2.05) is 55.5 Å². The zero-order valence-corrected chi connectivity index (χ0v) is 11.5. The Morgan fingerprint density at radius 1 is 0.952 bits per heavy atom. The van der Waals surface area contributed by atoms with Crippen molar-refractivity contribution in [3.8, 4) is 0 Å². The third-order valence-electron chi connectivity index (χ3n) is 3.59. The maximum absolute atomic E-state index is 6.27. The zero-order valence-electron chi connectivity index (χ0n) is 11.5. The molecule has 0 fully saturated rings. The van der Waals surface area contributed by atoms with Crippen LogP contribution in [0.5, 0.6) is 0 Å². The van der Waals surface area contributed by atoms with Crippen molar-refractivity contribution in [1.29, 1.82) is 0 Å². The lowest BCUT2D eigenvalue weighted by Gasteiger charge is -2.03. The van der Waals surface area contributed by atoms with E-state index in [9.17, 15) is 0 Å². The summed E-state index contributed by atoms with van der Waals surface area (Å²) in [4.78, 5) is 4.44. The van der Waals surface area contributed by atoms with Crippen LogP contribution in [0.1, 0.15) is 23.3 Å². The van der Waals surface area contributed by atoms with Crippen molar-refractivity contribution in [2.75, 3.05) is 0 Å². The van der Waals surface area contributed by atoms with E-state index in [1.54, 1.807) is 0 Å². The summed E-state index contributed by atoms with van der Waals surface area (Å²) in [6.45, 7) is 1.95. The zero-order chi connectivity index (χ0) is 14.4. The Labute approximate surface area is 121 Å². The molecule has 1 atom stereocenters. The summed E-state index contributed by atoms with van der Waals surface area (Å²) in [7, 11) is 0. The first kappa shape index (κ1) is 12.2. The average Bonchev–Trinajstić information content (AvgIpc) is 3.09. The van der Waals surface area contributed by atoms with Crippen molar-refractivity contribution in [3.63, 3.8) is 0 Å². The lowest BCUT2D eigenvalue weighted by atomic mass is 10.1. The Hall–Kier alpha value is -2.59. The molecule has 104 valence electrons. The number of aromatic nitrogens is 1. The minimum atomic E-state index is -0.438. The quantitative estimate of drug-likeness (QED) is 0.603. The van der Waals surface area contributed by atoms with Gasteiger partial charge in [0.1, 0.15) is 28.7 Å². The highest BCUT2D eigenvalue weighted by Crippen LogP contribution is 2.29. The first-order chi connectivity index (χ1) is 10.2. The SMILES string of the molecule is Cc1ccc2oc(C(N)c3cc4ccccc4o3)cc2n1. The second-order valence-electron chi connectivity index (χ2n) is 5.15. The molecule has 0 amide bonds. The van der Waals surface area contributed by atoms with Crippen molar-refractivity contribution >= 4 is 22.1 Å². The predicted octanol–water partition coefficient (Wildman–Crippen LogP) is 3.93. The molecule has 3 heterocycles. The van der Waals surface area contributed by atoms with Gasteiger partial charge in [-0.25, -0.2) is 4.98 Å². The third kappa shape index (κ3) is 2.00. The van der Waals surface area contributed by atoms with Gasteiger partial charge in [0.2, 0.25) is 0 Å². The van der Waals surface area contributed by atoms with Crippen molar-refractivity contribution < 1.29 is 8.83 Å². The molecule has 0 aliphatic heterocycles. The number of nitrogens with two attached hydrogens (primary N) is 1. The van der Waals surface area contributed by atoms with Gasteiger partial charge in [-0.3, -0.25) is 0 Å². The molecule has 0 aliphatic rings. The van der Waals surface area contributed by atoms with Gasteiger partial charge >= 0.3 is 0 Å². The molecule has 4 nitrogen and oxygen atoms in total. The predicted molar refractivity (Wildman–Crippen MR) is 81.0 cm³/mol. The van der Waals surface area contributed by atoms with E-state index in [0.29, 0.717) is 11.5 Å². The number of hydrogen-bond donors (Lipinski definition) is 1. The van der Waals surface area contributed by atoms with Crippen LogP contribution in [-0.4, -0.2) is 4.98 Å². The third-order valence-corrected chi connectivity index (χ3v) is 3.59. The van der Waals surface area contributed by atoms with Gasteiger partial charge in [-0.1, -0.05) is 18.2 Å². The number of benzene rings is 1. The number of aryl methyl sites for hydroxylation is 1. The molecule has 0 saturated carbocycles. The van der Waals surface area contributed by atoms with E-state index in [-0.39, 0.29) is 0 Å². The summed E-state index contributed by atoms with van der Waals surface area (Å²) in [6, 6.07) is 15.1. The molecule has 0 saturated heterocycles. The number of fused-ring (bicyclic) bond motifs is 2. The first-order valence-corrected chi connectivity index (χ1v) is 6.82. The van der Waals surface area contributed by atoms with E-state index in [0.717, 1.165) is 27.8 Å². The monoisotopic (exact) mass is 278 g/mol. The lowest BCUT2D eigenvalue weighted by molar-refractivity contribution is 0.463. The minimum absolute atomic E-state index is 0.438. The van der Waals surface area contributed by atoms with Gasteiger partial charge in [0.25, 0.3) is 0 Å². The number of nitrogens with zero attached hydrogens (tertiary/aromatic N) is 1. The van der Waals surface area contributed by atoms with Gasteiger partial charge in [-0.2, -0.15) is 0 Å². The van der Waals surface area contributed by atoms with Crippen molar-refractivity contribution in [1.82, 2.24) is 4.98 Å². The fraction of sp³-hybridized carbons (Fsp3) is 0.118. The maximum atomic E-state index is 6.27. The molecule has 1 aromatic carbocycles. The van der Waals surface area contributed by atoms with E-state index in [4.69, 9.17) is 14.6 Å². The molecule has 0 bridgehead atoms. The maximum Gasteiger partial charge on any atom is 0.152 e. The largest absolute Gasteiger partial charge is 0.459 e. The molecule has 4 heteroatoms. The van der Waals surface area contributed by atoms with Crippen LogP contribution in [0, 0.1) is 6.92 Å². The molecule has 0 aliphatic carbocycles. The number of rotatable bonds is 2. The standard InChI is InChI=1S/C17H14N2O2/c1-10-6-7-14-12(19-10)9-16(21-14)17(18)15-8-11-4-2-3-5-13(11)20-15/h2-9,17H,18H2,1H3. The van der Waals surface area contributed by atoms with E-state index in [1.165, 1.54) is 0 Å². The molecule has 3 aromatic heterocycles. The number of para-hydroxylation sites is 1. The van der Waals surface area contributed by atoms with Crippen molar-refractivity contribution in [3.05, 3.63) is 65.7 Å². The van der Waals surface area contributed by atoms with Gasteiger partial charge in [0.05, 0.1) is 0 Å². The summed E-state index contributed by atoms with van der Waals surface area (Å²) in [5.74, 6) is 1.34. The summed E-state index contributed by atoms with van der Waals surface area (Å²) in [5, 5.41) is 1.04. The van der Waals surface area contributed by atoms with Crippen molar-refractivity contribution in [2.45, 2.75) is 13.0 Å². The summed E-state index contributed by atoms with van der Waals surface area (Å²) >= 11 is 0. The van der Waals surface area contributed by atoms with Crippen LogP contribution in [0.3, 0.4) is 0 Å². The fourth-order valence-electron chi connectivity index (χ4n) is 2.49. The van der Waals surface area contributed by atoms with Gasteiger partial charge in [-0.05, 0) is 31.2 Å².